The molecule has 3 aromatic rings. The number of rotatable bonds is 7. The van der Waals surface area contributed by atoms with Crippen LogP contribution >= 0.6 is 35.0 Å². The van der Waals surface area contributed by atoms with Gasteiger partial charge in [-0.2, -0.15) is 0 Å². The van der Waals surface area contributed by atoms with Crippen molar-refractivity contribution >= 4 is 40.9 Å². The van der Waals surface area contributed by atoms with Crippen molar-refractivity contribution in [3.8, 4) is 0 Å². The van der Waals surface area contributed by atoms with E-state index in [9.17, 15) is 4.79 Å². The van der Waals surface area contributed by atoms with Crippen molar-refractivity contribution in [2.45, 2.75) is 37.7 Å². The average molecular weight is 463 g/mol. The highest BCUT2D eigenvalue weighted by molar-refractivity contribution is 7.98. The van der Waals surface area contributed by atoms with Crippen LogP contribution in [0.25, 0.3) is 0 Å². The van der Waals surface area contributed by atoms with E-state index in [1.165, 1.54) is 11.8 Å². The molecule has 0 bridgehead atoms. The molecular formula is C22H24Cl2N4OS. The Labute approximate surface area is 191 Å². The minimum Gasteiger partial charge on any atom is -0.342 e. The fourth-order valence-electron chi connectivity index (χ4n) is 3.04. The lowest BCUT2D eigenvalue weighted by atomic mass is 10.0. The minimum absolute atomic E-state index is 0.123. The van der Waals surface area contributed by atoms with Crippen LogP contribution in [0.2, 0.25) is 10.0 Å². The highest BCUT2D eigenvalue weighted by Crippen LogP contribution is 2.29. The molecule has 0 spiro atoms. The molecule has 0 aliphatic heterocycles. The maximum Gasteiger partial charge on any atom is 0.251 e. The standard InChI is InChI=1S/C22H24Cl2N4OS/c1-13(2)19(25-21(29)15-7-5-6-14(3)10-15)20-26-27-22(28(20)4)30-12-16-8-9-17(23)11-18(16)24/h5-11,13,19H,12H2,1-4H3,(H,25,29)/t19-/m0/s1. The van der Waals surface area contributed by atoms with Crippen LogP contribution in [0.1, 0.15) is 47.2 Å². The molecule has 0 radical (unpaired) electrons. The fourth-order valence-corrected chi connectivity index (χ4v) is 4.52. The molecule has 8 heteroatoms. The van der Waals surface area contributed by atoms with E-state index in [2.05, 4.69) is 29.4 Å². The average Bonchev–Trinajstić information content (AvgIpc) is 3.05. The molecule has 30 heavy (non-hydrogen) atoms. The molecule has 158 valence electrons. The maximum atomic E-state index is 12.8. The second kappa shape index (κ2) is 9.86. The zero-order chi connectivity index (χ0) is 21.8. The van der Waals surface area contributed by atoms with Gasteiger partial charge in [0.05, 0.1) is 6.04 Å². The Morgan fingerprint density at radius 1 is 1.17 bits per heavy atom. The number of nitrogens with zero attached hydrogens (tertiary/aromatic N) is 3. The summed E-state index contributed by atoms with van der Waals surface area (Å²) in [6.07, 6.45) is 0. The van der Waals surface area contributed by atoms with E-state index in [-0.39, 0.29) is 17.9 Å². The summed E-state index contributed by atoms with van der Waals surface area (Å²) in [5.74, 6) is 1.38. The first-order chi connectivity index (χ1) is 14.3. The predicted molar refractivity (Wildman–Crippen MR) is 123 cm³/mol. The maximum absolute atomic E-state index is 12.8. The molecule has 3 rings (SSSR count). The highest BCUT2D eigenvalue weighted by Gasteiger charge is 2.25. The summed E-state index contributed by atoms with van der Waals surface area (Å²) in [5, 5.41) is 13.8. The lowest BCUT2D eigenvalue weighted by Crippen LogP contribution is -2.33. The van der Waals surface area contributed by atoms with Crippen molar-refractivity contribution in [2.24, 2.45) is 13.0 Å². The number of hydrogen-bond donors (Lipinski definition) is 1. The molecule has 1 amide bonds. The first-order valence-electron chi connectivity index (χ1n) is 9.59. The van der Waals surface area contributed by atoms with Crippen molar-refractivity contribution in [2.75, 3.05) is 0 Å². The second-order valence-electron chi connectivity index (χ2n) is 7.49. The van der Waals surface area contributed by atoms with E-state index in [1.807, 2.05) is 54.9 Å². The van der Waals surface area contributed by atoms with Crippen molar-refractivity contribution in [3.05, 3.63) is 75.0 Å². The van der Waals surface area contributed by atoms with Gasteiger partial charge in [-0.15, -0.1) is 10.2 Å². The van der Waals surface area contributed by atoms with Gasteiger partial charge in [-0.05, 0) is 42.7 Å². The molecule has 0 aliphatic carbocycles. The summed E-state index contributed by atoms with van der Waals surface area (Å²) >= 11 is 13.8. The van der Waals surface area contributed by atoms with Crippen molar-refractivity contribution < 1.29 is 4.79 Å². The van der Waals surface area contributed by atoms with E-state index in [4.69, 9.17) is 23.2 Å². The predicted octanol–water partition coefficient (Wildman–Crippen LogP) is 5.85. The number of halogens is 2. The third-order valence-corrected chi connectivity index (χ3v) is 6.41. The molecule has 0 saturated carbocycles. The van der Waals surface area contributed by atoms with Crippen LogP contribution in [0, 0.1) is 12.8 Å². The van der Waals surface area contributed by atoms with Gasteiger partial charge < -0.3 is 9.88 Å². The Balaban J connectivity index is 1.76. The second-order valence-corrected chi connectivity index (χ2v) is 9.27. The number of amides is 1. The number of thioether (sulfide) groups is 1. The Morgan fingerprint density at radius 2 is 1.93 bits per heavy atom. The molecule has 0 fully saturated rings. The molecule has 1 atom stereocenters. The lowest BCUT2D eigenvalue weighted by molar-refractivity contribution is 0.0922. The van der Waals surface area contributed by atoms with Gasteiger partial charge in [0.25, 0.3) is 5.91 Å². The highest BCUT2D eigenvalue weighted by atomic mass is 35.5. The van der Waals surface area contributed by atoms with Crippen LogP contribution in [0.5, 0.6) is 0 Å². The van der Waals surface area contributed by atoms with Gasteiger partial charge in [-0.1, -0.05) is 72.6 Å². The van der Waals surface area contributed by atoms with Crippen molar-refractivity contribution in [1.29, 1.82) is 0 Å². The van der Waals surface area contributed by atoms with Gasteiger partial charge in [0.2, 0.25) is 0 Å². The van der Waals surface area contributed by atoms with Crippen LogP contribution in [-0.4, -0.2) is 20.7 Å². The number of carbonyl (C=O) groups is 1. The van der Waals surface area contributed by atoms with Gasteiger partial charge in [0.15, 0.2) is 11.0 Å². The molecule has 1 heterocycles. The molecule has 0 unspecified atom stereocenters. The van der Waals surface area contributed by atoms with Crippen LogP contribution in [0.15, 0.2) is 47.6 Å². The third kappa shape index (κ3) is 5.36. The summed E-state index contributed by atoms with van der Waals surface area (Å²) in [4.78, 5) is 12.8. The number of aryl methyl sites for hydroxylation is 1. The van der Waals surface area contributed by atoms with Crippen molar-refractivity contribution in [1.82, 2.24) is 20.1 Å². The molecule has 5 nitrogen and oxygen atoms in total. The summed E-state index contributed by atoms with van der Waals surface area (Å²) < 4.78 is 1.93. The summed E-state index contributed by atoms with van der Waals surface area (Å²) in [6, 6.07) is 12.7. The first-order valence-corrected chi connectivity index (χ1v) is 11.3. The number of aromatic nitrogens is 3. The number of nitrogens with one attached hydrogen (secondary N) is 1. The van der Waals surface area contributed by atoms with Crippen LogP contribution in [-0.2, 0) is 12.8 Å². The number of carbonyl (C=O) groups excluding carboxylic acids is 1. The topological polar surface area (TPSA) is 59.8 Å². The van der Waals surface area contributed by atoms with Gasteiger partial charge in [0, 0.05) is 28.4 Å². The number of benzene rings is 2. The molecule has 0 saturated heterocycles. The molecule has 1 aromatic heterocycles. The molecule has 2 aromatic carbocycles. The van der Waals surface area contributed by atoms with E-state index >= 15 is 0 Å². The smallest absolute Gasteiger partial charge is 0.251 e. The fraction of sp³-hybridized carbons (Fsp3) is 0.318. The van der Waals surface area contributed by atoms with Crippen LogP contribution in [0.3, 0.4) is 0 Å². The Kier molecular flexibility index (Phi) is 7.45. The zero-order valence-electron chi connectivity index (χ0n) is 17.3. The van der Waals surface area contributed by atoms with Gasteiger partial charge in [0.1, 0.15) is 0 Å². The Morgan fingerprint density at radius 3 is 2.60 bits per heavy atom. The minimum atomic E-state index is -0.260. The third-order valence-electron chi connectivity index (χ3n) is 4.75. The van der Waals surface area contributed by atoms with Gasteiger partial charge in [-0.3, -0.25) is 4.79 Å². The Bertz CT molecular complexity index is 1050. The summed E-state index contributed by atoms with van der Waals surface area (Å²) in [7, 11) is 1.91. The monoisotopic (exact) mass is 462 g/mol. The first kappa shape index (κ1) is 22.7. The van der Waals surface area contributed by atoms with E-state index in [0.29, 0.717) is 21.4 Å². The lowest BCUT2D eigenvalue weighted by Gasteiger charge is -2.22. The van der Waals surface area contributed by atoms with Crippen molar-refractivity contribution in [3.63, 3.8) is 0 Å². The normalized spacial score (nSPS) is 12.2. The molecule has 0 aliphatic rings. The Hall–Kier alpha value is -2.02. The zero-order valence-corrected chi connectivity index (χ0v) is 19.6. The van der Waals surface area contributed by atoms with E-state index in [0.717, 1.165) is 22.1 Å². The summed E-state index contributed by atoms with van der Waals surface area (Å²) in [5.41, 5.74) is 2.65. The molecule has 1 N–H and O–H groups in total. The largest absolute Gasteiger partial charge is 0.342 e. The van der Waals surface area contributed by atoms with Gasteiger partial charge >= 0.3 is 0 Å². The van der Waals surface area contributed by atoms with Gasteiger partial charge in [-0.25, -0.2) is 0 Å². The summed E-state index contributed by atoms with van der Waals surface area (Å²) in [6.45, 7) is 6.07. The number of hydrogen-bond acceptors (Lipinski definition) is 4. The van der Waals surface area contributed by atoms with Crippen LogP contribution < -0.4 is 5.32 Å². The van der Waals surface area contributed by atoms with E-state index < -0.39 is 0 Å². The quantitative estimate of drug-likeness (QED) is 0.447. The SMILES string of the molecule is Cc1cccc(C(=O)N[C@H](c2nnc(SCc3ccc(Cl)cc3Cl)n2C)C(C)C)c1. The van der Waals surface area contributed by atoms with E-state index in [1.54, 1.807) is 6.07 Å². The molecular weight excluding hydrogens is 439 g/mol. The van der Waals surface area contributed by atoms with Crippen LogP contribution in [0.4, 0.5) is 0 Å².